The molecule has 1 heterocycles. The minimum absolute atomic E-state index is 0.173. The van der Waals surface area contributed by atoms with Gasteiger partial charge in [0.05, 0.1) is 0 Å². The molecule has 1 amide bonds. The number of carbonyl (C=O) groups is 1. The van der Waals surface area contributed by atoms with E-state index in [4.69, 9.17) is 10.5 Å². The van der Waals surface area contributed by atoms with Crippen LogP contribution in [0.3, 0.4) is 0 Å². The molecule has 1 fully saturated rings. The number of hydrogen-bond acceptors (Lipinski definition) is 5. The van der Waals surface area contributed by atoms with Gasteiger partial charge in [-0.15, -0.1) is 0 Å². The highest BCUT2D eigenvalue weighted by atomic mass is 16.6. The third-order valence-corrected chi connectivity index (χ3v) is 4.23. The summed E-state index contributed by atoms with van der Waals surface area (Å²) in [5.74, 6) is 0. The van der Waals surface area contributed by atoms with Crippen molar-refractivity contribution in [3.8, 4) is 0 Å². The Hall–Kier alpha value is -0.850. The fourth-order valence-electron chi connectivity index (χ4n) is 2.68. The van der Waals surface area contributed by atoms with Crippen LogP contribution in [-0.4, -0.2) is 72.8 Å². The maximum Gasteiger partial charge on any atom is 0.407 e. The Balaban J connectivity index is 2.38. The summed E-state index contributed by atoms with van der Waals surface area (Å²) >= 11 is 0. The van der Waals surface area contributed by atoms with E-state index in [0.717, 1.165) is 26.2 Å². The van der Waals surface area contributed by atoms with Crippen LogP contribution in [0.1, 0.15) is 41.0 Å². The fraction of sp³-hybridized carbons (Fsp3) is 0.938. The van der Waals surface area contributed by atoms with Crippen LogP contribution in [0.2, 0.25) is 0 Å². The van der Waals surface area contributed by atoms with Gasteiger partial charge >= 0.3 is 6.09 Å². The molecule has 2 unspecified atom stereocenters. The Morgan fingerprint density at radius 3 is 2.23 bits per heavy atom. The molecule has 1 saturated heterocycles. The van der Waals surface area contributed by atoms with Crippen LogP contribution in [0, 0.1) is 0 Å². The number of alkyl carbamates (subject to hydrolysis) is 1. The van der Waals surface area contributed by atoms with E-state index in [2.05, 4.69) is 29.0 Å². The number of nitrogens with two attached hydrogens (primary N) is 1. The summed E-state index contributed by atoms with van der Waals surface area (Å²) in [4.78, 5) is 16.6. The van der Waals surface area contributed by atoms with Gasteiger partial charge in [0.15, 0.2) is 0 Å². The molecule has 130 valence electrons. The number of ether oxygens (including phenoxy) is 1. The zero-order chi connectivity index (χ0) is 16.8. The van der Waals surface area contributed by atoms with E-state index in [1.165, 1.54) is 6.42 Å². The Labute approximate surface area is 135 Å². The third kappa shape index (κ3) is 6.50. The molecule has 0 spiro atoms. The summed E-state index contributed by atoms with van der Waals surface area (Å²) in [6.07, 6.45) is 0.810. The first-order chi connectivity index (χ1) is 10.3. The van der Waals surface area contributed by atoms with Gasteiger partial charge in [-0.05, 0) is 34.1 Å². The van der Waals surface area contributed by atoms with Crippen molar-refractivity contribution >= 4 is 6.09 Å². The monoisotopic (exact) mass is 314 g/mol. The van der Waals surface area contributed by atoms with Crippen LogP contribution < -0.4 is 11.1 Å². The SMILES string of the molecule is CCC(C)N1CCN(C(CN)CNC(=O)OC(C)(C)C)CC1. The summed E-state index contributed by atoms with van der Waals surface area (Å²) in [5.41, 5.74) is 5.42. The van der Waals surface area contributed by atoms with Gasteiger partial charge in [0.25, 0.3) is 0 Å². The zero-order valence-electron chi connectivity index (χ0n) is 14.9. The lowest BCUT2D eigenvalue weighted by molar-refractivity contribution is 0.0470. The number of nitrogens with zero attached hydrogens (tertiary/aromatic N) is 2. The molecule has 0 radical (unpaired) electrons. The molecule has 1 aliphatic rings. The van der Waals surface area contributed by atoms with Crippen LogP contribution >= 0.6 is 0 Å². The van der Waals surface area contributed by atoms with Crippen LogP contribution in [0.25, 0.3) is 0 Å². The molecule has 6 heteroatoms. The summed E-state index contributed by atoms with van der Waals surface area (Å²) in [5, 5.41) is 2.84. The highest BCUT2D eigenvalue weighted by Crippen LogP contribution is 2.11. The molecular weight excluding hydrogens is 280 g/mol. The number of carbonyl (C=O) groups excluding carboxylic acids is 1. The van der Waals surface area contributed by atoms with Crippen molar-refractivity contribution in [1.29, 1.82) is 0 Å². The molecule has 6 nitrogen and oxygen atoms in total. The Morgan fingerprint density at radius 2 is 1.77 bits per heavy atom. The molecular formula is C16H34N4O2. The Bertz CT molecular complexity index is 336. The number of rotatable bonds is 6. The highest BCUT2D eigenvalue weighted by molar-refractivity contribution is 5.67. The second kappa shape index (κ2) is 8.70. The van der Waals surface area contributed by atoms with Crippen LogP contribution in [0.4, 0.5) is 4.79 Å². The number of hydrogen-bond donors (Lipinski definition) is 2. The van der Waals surface area contributed by atoms with E-state index >= 15 is 0 Å². The first kappa shape index (κ1) is 19.2. The molecule has 0 bridgehead atoms. The van der Waals surface area contributed by atoms with E-state index in [0.29, 0.717) is 19.1 Å². The van der Waals surface area contributed by atoms with Gasteiger partial charge in [0.1, 0.15) is 5.60 Å². The first-order valence-electron chi connectivity index (χ1n) is 8.41. The molecule has 0 aliphatic carbocycles. The van der Waals surface area contributed by atoms with Gasteiger partial charge in [0.2, 0.25) is 0 Å². The van der Waals surface area contributed by atoms with E-state index in [9.17, 15) is 4.79 Å². The van der Waals surface area contributed by atoms with Crippen LogP contribution in [0.5, 0.6) is 0 Å². The summed E-state index contributed by atoms with van der Waals surface area (Å²) < 4.78 is 5.27. The van der Waals surface area contributed by atoms with Gasteiger partial charge in [-0.25, -0.2) is 4.79 Å². The fourth-order valence-corrected chi connectivity index (χ4v) is 2.68. The lowest BCUT2D eigenvalue weighted by atomic mass is 10.1. The van der Waals surface area contributed by atoms with E-state index in [1.807, 2.05) is 20.8 Å². The number of piperazine rings is 1. The number of amides is 1. The van der Waals surface area contributed by atoms with Crippen molar-refractivity contribution in [3.63, 3.8) is 0 Å². The van der Waals surface area contributed by atoms with Gasteiger partial charge in [-0.1, -0.05) is 6.92 Å². The van der Waals surface area contributed by atoms with E-state index < -0.39 is 5.60 Å². The summed E-state index contributed by atoms with van der Waals surface area (Å²) in [6.45, 7) is 15.3. The predicted molar refractivity (Wildman–Crippen MR) is 90.0 cm³/mol. The van der Waals surface area contributed by atoms with Crippen molar-refractivity contribution in [2.24, 2.45) is 5.73 Å². The lowest BCUT2D eigenvalue weighted by Gasteiger charge is -2.41. The molecule has 22 heavy (non-hydrogen) atoms. The smallest absolute Gasteiger partial charge is 0.407 e. The molecule has 1 rings (SSSR count). The van der Waals surface area contributed by atoms with Crippen molar-refractivity contribution in [2.75, 3.05) is 39.3 Å². The predicted octanol–water partition coefficient (Wildman–Crippen LogP) is 1.25. The van der Waals surface area contributed by atoms with Gasteiger partial charge in [-0.3, -0.25) is 9.80 Å². The Kier molecular flexibility index (Phi) is 7.59. The van der Waals surface area contributed by atoms with Gasteiger partial charge in [-0.2, -0.15) is 0 Å². The maximum absolute atomic E-state index is 11.7. The van der Waals surface area contributed by atoms with Crippen molar-refractivity contribution < 1.29 is 9.53 Å². The normalized spacial score (nSPS) is 20.5. The molecule has 0 aromatic carbocycles. The second-order valence-corrected chi connectivity index (χ2v) is 7.10. The quantitative estimate of drug-likeness (QED) is 0.772. The van der Waals surface area contributed by atoms with Gasteiger partial charge < -0.3 is 15.8 Å². The molecule has 3 N–H and O–H groups in total. The van der Waals surface area contributed by atoms with E-state index in [1.54, 1.807) is 0 Å². The van der Waals surface area contributed by atoms with Crippen LogP contribution in [-0.2, 0) is 4.74 Å². The lowest BCUT2D eigenvalue weighted by Crippen LogP contribution is -2.57. The van der Waals surface area contributed by atoms with Crippen LogP contribution in [0.15, 0.2) is 0 Å². The second-order valence-electron chi connectivity index (χ2n) is 7.10. The van der Waals surface area contributed by atoms with E-state index in [-0.39, 0.29) is 12.1 Å². The Morgan fingerprint density at radius 1 is 1.23 bits per heavy atom. The van der Waals surface area contributed by atoms with Gasteiger partial charge in [0, 0.05) is 51.4 Å². The maximum atomic E-state index is 11.7. The topological polar surface area (TPSA) is 70.8 Å². The van der Waals surface area contributed by atoms with Crippen molar-refractivity contribution in [3.05, 3.63) is 0 Å². The van der Waals surface area contributed by atoms with Crippen molar-refractivity contribution in [2.45, 2.75) is 58.7 Å². The summed E-state index contributed by atoms with van der Waals surface area (Å²) in [6, 6.07) is 0.810. The number of nitrogens with one attached hydrogen (secondary N) is 1. The molecule has 0 aromatic heterocycles. The molecule has 0 saturated carbocycles. The molecule has 2 atom stereocenters. The highest BCUT2D eigenvalue weighted by Gasteiger charge is 2.25. The minimum atomic E-state index is -0.468. The third-order valence-electron chi connectivity index (χ3n) is 4.23. The zero-order valence-corrected chi connectivity index (χ0v) is 14.9. The first-order valence-corrected chi connectivity index (χ1v) is 8.41. The minimum Gasteiger partial charge on any atom is -0.444 e. The standard InChI is InChI=1S/C16H34N4O2/c1-6-13(2)19-7-9-20(10-8-19)14(11-17)12-18-15(21)22-16(3,4)5/h13-14H,6-12,17H2,1-5H3,(H,18,21). The largest absolute Gasteiger partial charge is 0.444 e. The molecule has 1 aliphatic heterocycles. The summed E-state index contributed by atoms with van der Waals surface area (Å²) in [7, 11) is 0. The van der Waals surface area contributed by atoms with Crippen molar-refractivity contribution in [1.82, 2.24) is 15.1 Å². The molecule has 0 aromatic rings. The average molecular weight is 314 g/mol. The average Bonchev–Trinajstić information content (AvgIpc) is 2.46.